The Balaban J connectivity index is 1.48. The second-order valence-corrected chi connectivity index (χ2v) is 9.68. The van der Waals surface area contributed by atoms with E-state index < -0.39 is 32.0 Å². The summed E-state index contributed by atoms with van der Waals surface area (Å²) in [7, 11) is -5.79. The van der Waals surface area contributed by atoms with Gasteiger partial charge in [0.05, 0.1) is 18.6 Å². The van der Waals surface area contributed by atoms with E-state index in [0.717, 1.165) is 38.5 Å². The fourth-order valence-corrected chi connectivity index (χ4v) is 5.83. The molecule has 4 saturated carbocycles. The summed E-state index contributed by atoms with van der Waals surface area (Å²) in [6.07, 6.45) is 5.67. The van der Waals surface area contributed by atoms with E-state index in [9.17, 15) is 31.6 Å². The van der Waals surface area contributed by atoms with Gasteiger partial charge in [-0.3, -0.25) is 9.26 Å². The van der Waals surface area contributed by atoms with E-state index in [4.69, 9.17) is 4.74 Å². The molecule has 1 unspecified atom stereocenters. The number of alkyl halides is 3. The zero-order chi connectivity index (χ0) is 18.5. The zero-order valence-electron chi connectivity index (χ0n) is 13.7. The second-order valence-electron chi connectivity index (χ2n) is 7.76. The van der Waals surface area contributed by atoms with E-state index in [2.05, 4.69) is 0 Å². The highest BCUT2D eigenvalue weighted by molar-refractivity contribution is 7.86. The van der Waals surface area contributed by atoms with Crippen LogP contribution in [0.5, 0.6) is 0 Å². The van der Waals surface area contributed by atoms with Crippen molar-refractivity contribution in [1.82, 2.24) is 0 Å². The first-order chi connectivity index (χ1) is 11.5. The normalized spacial score (nSPS) is 35.6. The van der Waals surface area contributed by atoms with Crippen LogP contribution in [0.3, 0.4) is 0 Å². The maximum Gasteiger partial charge on any atom is 0.549 e. The number of carbonyl (C=O) groups excluding carboxylic acids is 1. The van der Waals surface area contributed by atoms with Gasteiger partial charge in [0.15, 0.2) is 0 Å². The lowest BCUT2D eigenvalue weighted by Gasteiger charge is -2.55. The molecule has 0 aromatic rings. The van der Waals surface area contributed by atoms with Crippen molar-refractivity contribution < 1.29 is 35.6 Å². The monoisotopic (exact) mass is 385 g/mol. The van der Waals surface area contributed by atoms with Crippen LogP contribution in [-0.2, 0) is 19.6 Å². The molecule has 1 atom stereocenters. The number of esters is 1. The van der Waals surface area contributed by atoms with Gasteiger partial charge in [0.25, 0.3) is 0 Å². The minimum Gasteiger partial charge on any atom is -0.618 e. The van der Waals surface area contributed by atoms with Crippen LogP contribution in [0.1, 0.15) is 44.9 Å². The third-order valence-corrected chi connectivity index (χ3v) is 7.25. The lowest BCUT2D eigenvalue weighted by molar-refractivity contribution is -0.712. The fraction of sp³-hybridized carbons (Fsp3) is 0.933. The van der Waals surface area contributed by atoms with E-state index >= 15 is 0 Å². The molecule has 144 valence electrons. The summed E-state index contributed by atoms with van der Waals surface area (Å²) >= 11 is 0. The molecule has 0 aliphatic heterocycles. The summed E-state index contributed by atoms with van der Waals surface area (Å²) in [5.41, 5.74) is -6.06. The minimum absolute atomic E-state index is 0.230. The number of halogens is 3. The van der Waals surface area contributed by atoms with Crippen LogP contribution in [0.15, 0.2) is 0 Å². The van der Waals surface area contributed by atoms with Crippen molar-refractivity contribution in [3.05, 3.63) is 5.21 Å². The van der Waals surface area contributed by atoms with Gasteiger partial charge in [0, 0.05) is 6.42 Å². The molecule has 4 bridgehead atoms. The van der Waals surface area contributed by atoms with Crippen molar-refractivity contribution in [1.29, 1.82) is 0 Å². The quantitative estimate of drug-likeness (QED) is 0.424. The summed E-state index contributed by atoms with van der Waals surface area (Å²) in [6.45, 7) is -1.05. The van der Waals surface area contributed by atoms with Gasteiger partial charge in [-0.2, -0.15) is 21.6 Å². The molecule has 4 rings (SSSR count). The first-order valence-corrected chi connectivity index (χ1v) is 10.0. The van der Waals surface area contributed by atoms with Gasteiger partial charge in [0.2, 0.25) is 0 Å². The smallest absolute Gasteiger partial charge is 0.549 e. The number of sulfonamides is 1. The molecule has 4 aliphatic carbocycles. The Labute approximate surface area is 144 Å². The summed E-state index contributed by atoms with van der Waals surface area (Å²) in [5, 5.41) is 11.2. The molecular weight excluding hydrogens is 363 g/mol. The molecule has 4 fully saturated rings. The van der Waals surface area contributed by atoms with Gasteiger partial charge in [-0.1, -0.05) is 0 Å². The highest BCUT2D eigenvalue weighted by atomic mass is 32.2. The second kappa shape index (κ2) is 6.38. The average molecular weight is 385 g/mol. The van der Waals surface area contributed by atoms with Crippen molar-refractivity contribution in [2.24, 2.45) is 23.2 Å². The molecule has 0 aromatic heterocycles. The van der Waals surface area contributed by atoms with Crippen LogP contribution in [0, 0.1) is 28.4 Å². The Bertz CT molecular complexity index is 598. The largest absolute Gasteiger partial charge is 0.618 e. The predicted octanol–water partition coefficient (Wildman–Crippen LogP) is 1.37. The van der Waals surface area contributed by atoms with E-state index in [1.165, 1.54) is 0 Å². The molecule has 0 saturated heterocycles. The van der Waals surface area contributed by atoms with Crippen molar-refractivity contribution in [3.63, 3.8) is 0 Å². The van der Waals surface area contributed by atoms with Crippen LogP contribution in [0.25, 0.3) is 0 Å². The standard InChI is InChI=1S/C15H22F3NO5S/c16-15(17,18)25(22,23)19(21)2-1-3-24-13(20)14-7-10-4-11(8-14)6-12(5-10)9-14/h10-12,19H,1-9H2. The van der Waals surface area contributed by atoms with Gasteiger partial charge in [-0.15, -0.1) is 0 Å². The van der Waals surface area contributed by atoms with Crippen LogP contribution in [-0.4, -0.2) is 33.0 Å². The van der Waals surface area contributed by atoms with Crippen LogP contribution in [0.2, 0.25) is 0 Å². The first-order valence-electron chi connectivity index (χ1n) is 8.55. The number of nitrogens with one attached hydrogen (secondary N) is 1. The first kappa shape index (κ1) is 18.9. The highest BCUT2D eigenvalue weighted by Crippen LogP contribution is 2.60. The van der Waals surface area contributed by atoms with Gasteiger partial charge < -0.3 is 9.94 Å². The molecule has 0 radical (unpaired) electrons. The summed E-state index contributed by atoms with van der Waals surface area (Å²) in [4.78, 5) is 12.5. The van der Waals surface area contributed by atoms with Gasteiger partial charge in [-0.25, -0.2) is 0 Å². The molecule has 0 amide bonds. The lowest BCUT2D eigenvalue weighted by atomic mass is 9.49. The number of rotatable bonds is 6. The number of carbonyl (C=O) groups is 1. The molecule has 0 heterocycles. The van der Waals surface area contributed by atoms with E-state index in [0.29, 0.717) is 17.8 Å². The summed E-state index contributed by atoms with van der Waals surface area (Å²) in [5.74, 6) is 1.32. The molecule has 0 spiro atoms. The van der Waals surface area contributed by atoms with Crippen molar-refractivity contribution >= 4 is 16.0 Å². The number of quaternary nitrogens is 1. The van der Waals surface area contributed by atoms with Gasteiger partial charge in [0.1, 0.15) is 0 Å². The van der Waals surface area contributed by atoms with Crippen LogP contribution >= 0.6 is 0 Å². The van der Waals surface area contributed by atoms with Crippen LogP contribution < -0.4 is 4.47 Å². The summed E-state index contributed by atoms with van der Waals surface area (Å²) < 4.78 is 61.9. The Hall–Kier alpha value is -0.870. The van der Waals surface area contributed by atoms with Crippen LogP contribution in [0.4, 0.5) is 13.2 Å². The number of hydrogen-bond donors (Lipinski definition) is 1. The van der Waals surface area contributed by atoms with Gasteiger partial charge >= 0.3 is 21.5 Å². The van der Waals surface area contributed by atoms with E-state index in [1.54, 1.807) is 0 Å². The van der Waals surface area contributed by atoms with Crippen molar-refractivity contribution in [2.75, 3.05) is 13.2 Å². The third kappa shape index (κ3) is 3.52. The molecule has 1 N–H and O–H groups in total. The highest BCUT2D eigenvalue weighted by Gasteiger charge is 2.55. The number of hydrogen-bond acceptors (Lipinski definition) is 5. The SMILES string of the molecule is O=C(OCCC[NH+]([O-])S(=O)(=O)C(F)(F)F)C12CC3CC(CC(C3)C1)C2. The predicted molar refractivity (Wildman–Crippen MR) is 80.4 cm³/mol. The molecular formula is C15H22F3NO5S. The third-order valence-electron chi connectivity index (χ3n) is 5.83. The Morgan fingerprint density at radius 3 is 2.04 bits per heavy atom. The lowest BCUT2D eigenvalue weighted by Crippen LogP contribution is -3.10. The fourth-order valence-electron chi connectivity index (χ4n) is 5.16. The summed E-state index contributed by atoms with van der Waals surface area (Å²) in [6, 6.07) is 0. The molecule has 4 aliphatic rings. The molecule has 10 heteroatoms. The number of ether oxygens (including phenoxy) is 1. The Morgan fingerprint density at radius 2 is 1.60 bits per heavy atom. The van der Waals surface area contributed by atoms with Gasteiger partial charge in [-0.05, 0) is 56.3 Å². The van der Waals surface area contributed by atoms with E-state index in [1.807, 2.05) is 0 Å². The molecule has 6 nitrogen and oxygen atoms in total. The Morgan fingerprint density at radius 1 is 1.12 bits per heavy atom. The Kier molecular flexibility index (Phi) is 4.83. The average Bonchev–Trinajstić information content (AvgIpc) is 2.48. The maximum atomic E-state index is 12.5. The topological polar surface area (TPSA) is 87.9 Å². The molecule has 25 heavy (non-hydrogen) atoms. The van der Waals surface area contributed by atoms with Crippen molar-refractivity contribution in [2.45, 2.75) is 50.5 Å². The molecule has 0 aromatic carbocycles. The van der Waals surface area contributed by atoms with E-state index in [-0.39, 0.29) is 19.0 Å². The minimum atomic E-state index is -5.79. The van der Waals surface area contributed by atoms with Crippen molar-refractivity contribution in [3.8, 4) is 0 Å². The maximum absolute atomic E-state index is 12.5. The zero-order valence-corrected chi connectivity index (χ0v) is 14.5. The number of hydroxylamine groups is 1.